The van der Waals surface area contributed by atoms with Crippen LogP contribution in [-0.2, 0) is 4.74 Å². The van der Waals surface area contributed by atoms with Gasteiger partial charge in [-0.2, -0.15) is 0 Å². The molecule has 4 rings (SSSR count). The lowest BCUT2D eigenvalue weighted by atomic mass is 10.1. The number of hydrogen-bond acceptors (Lipinski definition) is 9. The lowest BCUT2D eigenvalue weighted by Gasteiger charge is -2.27. The Morgan fingerprint density at radius 2 is 1.76 bits per heavy atom. The molecule has 0 saturated carbocycles. The van der Waals surface area contributed by atoms with Gasteiger partial charge in [0.05, 0.1) is 44.8 Å². The van der Waals surface area contributed by atoms with E-state index in [1.807, 2.05) is 16.3 Å². The summed E-state index contributed by atoms with van der Waals surface area (Å²) in [5, 5.41) is 1.91. The molecule has 0 atom stereocenters. The van der Waals surface area contributed by atoms with Crippen molar-refractivity contribution in [2.45, 2.75) is 0 Å². The summed E-state index contributed by atoms with van der Waals surface area (Å²) < 4.78 is 22.3. The third kappa shape index (κ3) is 3.58. The Kier molecular flexibility index (Phi) is 5.50. The maximum absolute atomic E-state index is 13.5. The number of rotatable bonds is 6. The van der Waals surface area contributed by atoms with Crippen molar-refractivity contribution in [2.75, 3.05) is 52.5 Å². The summed E-state index contributed by atoms with van der Waals surface area (Å²) >= 11 is 1.44. The molecule has 0 N–H and O–H groups in total. The Balaban J connectivity index is 1.82. The predicted molar refractivity (Wildman–Crippen MR) is 110 cm³/mol. The Hall–Kier alpha value is -2.91. The van der Waals surface area contributed by atoms with Crippen molar-refractivity contribution in [1.29, 1.82) is 0 Å². The molecule has 0 unspecified atom stereocenters. The number of morpholine rings is 1. The van der Waals surface area contributed by atoms with E-state index in [9.17, 15) is 4.79 Å². The highest BCUT2D eigenvalue weighted by molar-refractivity contribution is 7.17. The summed E-state index contributed by atoms with van der Waals surface area (Å²) in [6.07, 6.45) is 0. The molecule has 1 aromatic carbocycles. The Labute approximate surface area is 172 Å². The van der Waals surface area contributed by atoms with Crippen molar-refractivity contribution in [3.8, 4) is 17.2 Å². The van der Waals surface area contributed by atoms with E-state index in [1.54, 1.807) is 12.1 Å². The molecule has 29 heavy (non-hydrogen) atoms. The molecule has 8 nitrogen and oxygen atoms in total. The molecular formula is C20H21N3O5S. The van der Waals surface area contributed by atoms with Crippen molar-refractivity contribution in [3.05, 3.63) is 34.8 Å². The summed E-state index contributed by atoms with van der Waals surface area (Å²) in [6.45, 7) is 2.60. The van der Waals surface area contributed by atoms with E-state index in [0.29, 0.717) is 60.8 Å². The number of fused-ring (bicyclic) bond motifs is 1. The number of thiophene rings is 1. The number of nitrogens with zero attached hydrogens (tertiary/aromatic N) is 3. The molecule has 1 aliphatic heterocycles. The third-order valence-corrected chi connectivity index (χ3v) is 5.64. The van der Waals surface area contributed by atoms with Crippen LogP contribution in [0.2, 0.25) is 0 Å². The van der Waals surface area contributed by atoms with Crippen molar-refractivity contribution in [3.63, 3.8) is 0 Å². The van der Waals surface area contributed by atoms with E-state index in [0.717, 1.165) is 10.2 Å². The van der Waals surface area contributed by atoms with E-state index in [1.165, 1.54) is 32.7 Å². The normalized spacial score (nSPS) is 14.1. The standard InChI is InChI=1S/C20H21N3O5S/c1-25-14-10-12(11-15(26-2)18(14)27-3)17(24)16-19-13(4-9-29-19)21-20(22-16)23-5-7-28-8-6-23/h4,9-11H,5-8H2,1-3H3. The number of ketones is 1. The minimum atomic E-state index is -0.228. The molecule has 0 aliphatic carbocycles. The van der Waals surface area contributed by atoms with Gasteiger partial charge in [-0.25, -0.2) is 9.97 Å². The van der Waals surface area contributed by atoms with Gasteiger partial charge in [-0.15, -0.1) is 11.3 Å². The Morgan fingerprint density at radius 1 is 1.07 bits per heavy atom. The van der Waals surface area contributed by atoms with Gasteiger partial charge in [0.1, 0.15) is 5.69 Å². The second-order valence-electron chi connectivity index (χ2n) is 6.35. The second kappa shape index (κ2) is 8.22. The highest BCUT2D eigenvalue weighted by Crippen LogP contribution is 2.39. The van der Waals surface area contributed by atoms with Gasteiger partial charge in [0.25, 0.3) is 0 Å². The number of hydrogen-bond donors (Lipinski definition) is 0. The van der Waals surface area contributed by atoms with Crippen LogP contribution in [0.4, 0.5) is 5.95 Å². The number of methoxy groups -OCH3 is 3. The van der Waals surface area contributed by atoms with Crippen molar-refractivity contribution >= 4 is 33.3 Å². The molecule has 9 heteroatoms. The van der Waals surface area contributed by atoms with Gasteiger partial charge in [0, 0.05) is 18.7 Å². The van der Waals surface area contributed by atoms with Crippen LogP contribution in [-0.4, -0.2) is 63.4 Å². The van der Waals surface area contributed by atoms with Crippen LogP contribution in [0.25, 0.3) is 10.2 Å². The van der Waals surface area contributed by atoms with Crippen LogP contribution in [0, 0.1) is 0 Å². The summed E-state index contributed by atoms with van der Waals surface area (Å²) in [7, 11) is 4.56. The number of anilines is 1. The van der Waals surface area contributed by atoms with E-state index >= 15 is 0 Å². The summed E-state index contributed by atoms with van der Waals surface area (Å²) in [6, 6.07) is 5.18. The molecule has 152 valence electrons. The average Bonchev–Trinajstić information content (AvgIpc) is 3.26. The number of carbonyl (C=O) groups is 1. The van der Waals surface area contributed by atoms with Crippen molar-refractivity contribution < 1.29 is 23.7 Å². The average molecular weight is 415 g/mol. The lowest BCUT2D eigenvalue weighted by molar-refractivity contribution is 0.103. The van der Waals surface area contributed by atoms with E-state index in [4.69, 9.17) is 18.9 Å². The molecule has 1 aliphatic rings. The first-order valence-electron chi connectivity index (χ1n) is 9.09. The Morgan fingerprint density at radius 3 is 2.38 bits per heavy atom. The van der Waals surface area contributed by atoms with E-state index < -0.39 is 0 Å². The molecule has 0 amide bonds. The monoisotopic (exact) mass is 415 g/mol. The van der Waals surface area contributed by atoms with Crippen LogP contribution in [0.5, 0.6) is 17.2 Å². The first-order chi connectivity index (χ1) is 14.2. The molecule has 0 radical (unpaired) electrons. The van der Waals surface area contributed by atoms with Crippen LogP contribution < -0.4 is 19.1 Å². The fourth-order valence-electron chi connectivity index (χ4n) is 3.26. The SMILES string of the molecule is COc1cc(C(=O)c2nc(N3CCOCC3)nc3ccsc23)cc(OC)c1OC. The fraction of sp³-hybridized carbons (Fsp3) is 0.350. The number of aromatic nitrogens is 2. The first-order valence-corrected chi connectivity index (χ1v) is 9.97. The molecule has 2 aromatic heterocycles. The van der Waals surface area contributed by atoms with Crippen LogP contribution >= 0.6 is 11.3 Å². The van der Waals surface area contributed by atoms with Gasteiger partial charge in [-0.3, -0.25) is 4.79 Å². The van der Waals surface area contributed by atoms with Gasteiger partial charge >= 0.3 is 0 Å². The van der Waals surface area contributed by atoms with Crippen molar-refractivity contribution in [1.82, 2.24) is 9.97 Å². The zero-order valence-corrected chi connectivity index (χ0v) is 17.2. The summed E-state index contributed by atoms with van der Waals surface area (Å²) in [5.41, 5.74) is 1.52. The third-order valence-electron chi connectivity index (χ3n) is 4.73. The molecule has 0 bridgehead atoms. The lowest BCUT2D eigenvalue weighted by Crippen LogP contribution is -2.37. The Bertz CT molecular complexity index is 1020. The van der Waals surface area contributed by atoms with E-state index in [-0.39, 0.29) is 5.78 Å². The van der Waals surface area contributed by atoms with Crippen LogP contribution in [0.15, 0.2) is 23.6 Å². The van der Waals surface area contributed by atoms with Crippen LogP contribution in [0.1, 0.15) is 16.1 Å². The van der Waals surface area contributed by atoms with Gasteiger partial charge in [0.15, 0.2) is 11.5 Å². The zero-order valence-electron chi connectivity index (χ0n) is 16.4. The predicted octanol–water partition coefficient (Wildman–Crippen LogP) is 2.78. The number of carbonyl (C=O) groups excluding carboxylic acids is 1. The topological polar surface area (TPSA) is 83.0 Å². The fourth-order valence-corrected chi connectivity index (χ4v) is 4.08. The largest absolute Gasteiger partial charge is 0.493 e. The second-order valence-corrected chi connectivity index (χ2v) is 7.27. The highest BCUT2D eigenvalue weighted by Gasteiger charge is 2.24. The van der Waals surface area contributed by atoms with Gasteiger partial charge in [-0.1, -0.05) is 0 Å². The molecular weight excluding hydrogens is 394 g/mol. The van der Waals surface area contributed by atoms with Gasteiger partial charge in [0.2, 0.25) is 17.5 Å². The van der Waals surface area contributed by atoms with Crippen LogP contribution in [0.3, 0.4) is 0 Å². The summed E-state index contributed by atoms with van der Waals surface area (Å²) in [5.74, 6) is 1.58. The number of ether oxygens (including phenoxy) is 4. The smallest absolute Gasteiger partial charge is 0.226 e. The molecule has 1 saturated heterocycles. The minimum absolute atomic E-state index is 0.228. The molecule has 3 heterocycles. The minimum Gasteiger partial charge on any atom is -0.493 e. The zero-order chi connectivity index (χ0) is 20.4. The van der Waals surface area contributed by atoms with Crippen molar-refractivity contribution in [2.24, 2.45) is 0 Å². The van der Waals surface area contributed by atoms with E-state index in [2.05, 4.69) is 9.97 Å². The summed E-state index contributed by atoms with van der Waals surface area (Å²) in [4.78, 5) is 24.8. The van der Waals surface area contributed by atoms with Gasteiger partial charge in [-0.05, 0) is 23.6 Å². The highest BCUT2D eigenvalue weighted by atomic mass is 32.1. The maximum Gasteiger partial charge on any atom is 0.226 e. The molecule has 0 spiro atoms. The first kappa shape index (κ1) is 19.4. The molecule has 3 aromatic rings. The number of benzene rings is 1. The van der Waals surface area contributed by atoms with Gasteiger partial charge < -0.3 is 23.8 Å². The quantitative estimate of drug-likeness (QED) is 0.569. The molecule has 1 fully saturated rings. The maximum atomic E-state index is 13.5.